The second kappa shape index (κ2) is 29.1. The van der Waals surface area contributed by atoms with E-state index in [9.17, 15) is 44.4 Å². The fourth-order valence-corrected chi connectivity index (χ4v) is 10.7. The van der Waals surface area contributed by atoms with E-state index in [1.165, 1.54) is 58.1 Å². The van der Waals surface area contributed by atoms with E-state index < -0.39 is 141 Å². The normalized spacial score (nSPS) is 28.6. The number of carboxylic acids is 2. The van der Waals surface area contributed by atoms with Crippen molar-refractivity contribution in [3.05, 3.63) is 82.9 Å². The minimum atomic E-state index is -2.35. The first-order valence-electron chi connectivity index (χ1n) is 24.5. The van der Waals surface area contributed by atoms with Gasteiger partial charge in [0, 0.05) is 43.2 Å². The van der Waals surface area contributed by atoms with Crippen LogP contribution in [0.25, 0.3) is 0 Å². The van der Waals surface area contributed by atoms with Gasteiger partial charge in [0.1, 0.15) is 35.6 Å². The van der Waals surface area contributed by atoms with Crippen molar-refractivity contribution in [3.63, 3.8) is 0 Å². The Balaban J connectivity index is 0.000000917. The number of aliphatic carboxylic acids is 2. The van der Waals surface area contributed by atoms with Crippen molar-refractivity contribution < 1.29 is 104 Å². The van der Waals surface area contributed by atoms with Crippen LogP contribution in [0, 0.1) is 16.7 Å². The topological polar surface area (TPSA) is 366 Å². The Morgan fingerprint density at radius 1 is 0.883 bits per heavy atom. The van der Waals surface area contributed by atoms with Crippen molar-refractivity contribution in [1.82, 2.24) is 11.5 Å². The average molecular weight is 1310 g/mol. The van der Waals surface area contributed by atoms with E-state index in [1.807, 2.05) is 0 Å². The Morgan fingerprint density at radius 2 is 1.39 bits per heavy atom. The Bertz CT molecular complexity index is 2350. The molecule has 434 valence electrons. The van der Waals surface area contributed by atoms with E-state index in [0.29, 0.717) is 11.6 Å². The van der Waals surface area contributed by atoms with Crippen LogP contribution in [0.15, 0.2) is 71.8 Å². The summed E-state index contributed by atoms with van der Waals surface area (Å²) in [6.45, 7) is 13.7. The number of halogens is 2. The van der Waals surface area contributed by atoms with Gasteiger partial charge in [0.05, 0.1) is 35.6 Å². The molecule has 0 unspecified atom stereocenters. The zero-order valence-corrected chi connectivity index (χ0v) is 48.8. The Morgan fingerprint density at radius 3 is 1.83 bits per heavy atom. The maximum absolute atomic E-state index is 14.9. The molecule has 4 aliphatic carbocycles. The number of benzene rings is 2. The number of carbonyl (C=O) groups is 7. The number of carbonyl (C=O) groups excluding carboxylic acids is 7. The number of nitrogens with two attached hydrogens (primary N) is 1. The molecular formula is C53H75Cl2N3O18Pt. The van der Waals surface area contributed by atoms with Gasteiger partial charge >= 0.3 is 59.3 Å². The molecule has 2 bridgehead atoms. The summed E-state index contributed by atoms with van der Waals surface area (Å²) in [6, 6.07) is 15.2. The zero-order valence-electron chi connectivity index (χ0n) is 45.0. The number of rotatable bonds is 8. The summed E-state index contributed by atoms with van der Waals surface area (Å²) < 4.78 is 29.5. The molecule has 1 amide bonds. The van der Waals surface area contributed by atoms with E-state index in [2.05, 4.69) is 5.32 Å². The van der Waals surface area contributed by atoms with Crippen molar-refractivity contribution in [2.45, 2.75) is 180 Å². The summed E-state index contributed by atoms with van der Waals surface area (Å²) in [6.07, 6.45) is -4.82. The predicted molar refractivity (Wildman–Crippen MR) is 273 cm³/mol. The SMILES string of the molecule is CC(=O)O[C@@]12CO[C@@H]1C[C@H](O)[C@@]1(C)C(=O)[C@H](O)C3=C(C)[C@@H](OC(=O)[C@H](O)[C@@H](NC(=O)OC(C)(C)C)c4ccccc4)C[C@@](O)([C@@H](OC(=O)c4ccccc4)[C@H]21)C3(C)C.CC(=O)[O-].CC(=O)[O-].N.NC1CCCCC1.[Cl][Pt+2][Cl]. The Hall–Kier alpha value is -4.54. The molecule has 0 radical (unpaired) electrons. The molecule has 3 saturated carbocycles. The number of Topliss-reactive ketones (excluding diaryl/α,β-unsaturated/α-hetero) is 1. The molecule has 5 aliphatic rings. The molecule has 2 aromatic carbocycles. The fourth-order valence-electron chi connectivity index (χ4n) is 10.7. The molecule has 2 aromatic rings. The number of fused-ring (bicyclic) bond motifs is 5. The third kappa shape index (κ3) is 16.8. The zero-order chi connectivity index (χ0) is 57.7. The molecule has 0 spiro atoms. The van der Waals surface area contributed by atoms with E-state index in [4.69, 9.17) is 68.1 Å². The number of esters is 3. The van der Waals surface area contributed by atoms with Crippen molar-refractivity contribution >= 4 is 60.6 Å². The average Bonchev–Trinajstić information content (AvgIpc) is 3.32. The van der Waals surface area contributed by atoms with E-state index >= 15 is 0 Å². The van der Waals surface area contributed by atoms with Gasteiger partial charge in [0.2, 0.25) is 0 Å². The number of alkyl carbamates (subject to hydrolysis) is 1. The molecule has 4 fully saturated rings. The van der Waals surface area contributed by atoms with Gasteiger partial charge in [0.15, 0.2) is 17.5 Å². The van der Waals surface area contributed by atoms with Gasteiger partial charge in [0.25, 0.3) is 0 Å². The fraction of sp³-hybridized carbons (Fsp3) is 0.604. The summed E-state index contributed by atoms with van der Waals surface area (Å²) in [5.74, 6) is -7.53. The van der Waals surface area contributed by atoms with Crippen LogP contribution in [0.2, 0.25) is 0 Å². The molecule has 11 atom stereocenters. The number of ether oxygens (including phenoxy) is 5. The summed E-state index contributed by atoms with van der Waals surface area (Å²) in [4.78, 5) is 86.7. The van der Waals surface area contributed by atoms with Gasteiger partial charge < -0.3 is 81.1 Å². The number of nitrogens with one attached hydrogen (secondary N) is 1. The quantitative estimate of drug-likeness (QED) is 0.113. The first-order valence-corrected chi connectivity index (χ1v) is 30.2. The van der Waals surface area contributed by atoms with Gasteiger partial charge in [-0.1, -0.05) is 81.6 Å². The van der Waals surface area contributed by atoms with Gasteiger partial charge in [-0.15, -0.1) is 0 Å². The number of amides is 1. The standard InChI is InChI=1S/C43H53NO14.C6H13N.2C2H4O2.2ClH.H3N.Pt/c1-22-26(55-37(51)32(48)30(24-15-11-9-12-16-24)44-38(52)58-39(3,4)5)20-43(53)35(56-36(50)25-17-13-10-14-18-25)33-41(8,34(49)31(47)29(22)40(43,6)7)27(46)19-28-42(33,21-54-28)57-23(2)45;7-6-4-2-1-3-5-6;2*1-2(3)4;;;;/h9-18,26-28,30-33,35,46-48,53H,19-21H2,1-8H3,(H,44,52);6H,1-5,7H2;2*1H3,(H,3,4);2*1H;1H3;/q;;;;;;;+4/p-4/t26-,27-,28+,30-,31+,32+,33-,35-,41+,42-,43+;;;;;;;/m0......./s1. The van der Waals surface area contributed by atoms with Crippen LogP contribution in [0.4, 0.5) is 4.79 Å². The summed E-state index contributed by atoms with van der Waals surface area (Å²) >= 11 is -0.472. The summed E-state index contributed by atoms with van der Waals surface area (Å²) in [5, 5.41) is 69.3. The van der Waals surface area contributed by atoms with Gasteiger partial charge in [-0.05, 0) is 90.2 Å². The monoisotopic (exact) mass is 1310 g/mol. The molecule has 1 aliphatic heterocycles. The number of carboxylic acid groups (broad SMARTS) is 2. The number of hydrogen-bond donors (Lipinski definition) is 7. The maximum atomic E-state index is 14.9. The molecule has 77 heavy (non-hydrogen) atoms. The van der Waals surface area contributed by atoms with Crippen LogP contribution >= 0.6 is 18.8 Å². The molecule has 24 heteroatoms. The van der Waals surface area contributed by atoms with Crippen LogP contribution in [0.3, 0.4) is 0 Å². The molecule has 7 rings (SSSR count). The van der Waals surface area contributed by atoms with E-state index in [0.717, 1.165) is 20.8 Å². The third-order valence-electron chi connectivity index (χ3n) is 14.2. The number of ketones is 1. The van der Waals surface area contributed by atoms with Crippen molar-refractivity contribution in [3.8, 4) is 0 Å². The van der Waals surface area contributed by atoms with Crippen molar-refractivity contribution in [2.75, 3.05) is 6.61 Å². The minimum absolute atomic E-state index is 0. The van der Waals surface area contributed by atoms with E-state index in [1.54, 1.807) is 83.1 Å². The first-order chi connectivity index (χ1) is 35.3. The van der Waals surface area contributed by atoms with Crippen molar-refractivity contribution in [1.29, 1.82) is 0 Å². The van der Waals surface area contributed by atoms with Crippen LogP contribution < -0.4 is 27.4 Å². The molecule has 10 N–H and O–H groups in total. The predicted octanol–water partition coefficient (Wildman–Crippen LogP) is 3.59. The summed E-state index contributed by atoms with van der Waals surface area (Å²) in [5.41, 5.74) is -2.50. The first kappa shape index (κ1) is 68.6. The van der Waals surface area contributed by atoms with Crippen LogP contribution in [-0.4, -0.2) is 128 Å². The third-order valence-corrected chi connectivity index (χ3v) is 14.2. The van der Waals surface area contributed by atoms with Gasteiger partial charge in [-0.3, -0.25) is 9.59 Å². The van der Waals surface area contributed by atoms with Crippen molar-refractivity contribution in [2.24, 2.45) is 22.5 Å². The second-order valence-electron chi connectivity index (χ2n) is 21.0. The molecular weight excluding hydrogens is 1230 g/mol. The summed E-state index contributed by atoms with van der Waals surface area (Å²) in [7, 11) is 9.75. The molecule has 1 saturated heterocycles. The number of aliphatic hydroxyl groups is 4. The van der Waals surface area contributed by atoms with Crippen LogP contribution in [0.1, 0.15) is 136 Å². The van der Waals surface area contributed by atoms with Gasteiger partial charge in [-0.2, -0.15) is 0 Å². The second-order valence-corrected chi connectivity index (χ2v) is 24.3. The molecule has 21 nitrogen and oxygen atoms in total. The van der Waals surface area contributed by atoms with E-state index in [-0.39, 0.29) is 35.9 Å². The van der Waals surface area contributed by atoms with Crippen LogP contribution in [0.5, 0.6) is 0 Å². The van der Waals surface area contributed by atoms with Crippen LogP contribution in [-0.2, 0) is 64.1 Å². The van der Waals surface area contributed by atoms with Gasteiger partial charge in [-0.25, -0.2) is 14.4 Å². The molecule has 0 aromatic heterocycles. The number of aliphatic hydroxyl groups excluding tert-OH is 3. The Labute approximate surface area is 465 Å². The number of hydrogen-bond acceptors (Lipinski definition) is 20. The molecule has 1 heterocycles. The Kier molecular flexibility index (Phi) is 25.9.